The van der Waals surface area contributed by atoms with Crippen molar-refractivity contribution in [2.45, 2.75) is 39.0 Å². The van der Waals surface area contributed by atoms with Crippen LogP contribution in [0.2, 0.25) is 0 Å². The number of benzene rings is 2. The van der Waals surface area contributed by atoms with E-state index < -0.39 is 0 Å². The van der Waals surface area contributed by atoms with Gasteiger partial charge in [-0.15, -0.1) is 11.3 Å². The number of nitrogens with one attached hydrogen (secondary N) is 1. The van der Waals surface area contributed by atoms with E-state index in [9.17, 15) is 4.79 Å². The Balaban J connectivity index is 1.45. The van der Waals surface area contributed by atoms with Crippen LogP contribution < -0.4 is 14.8 Å². The largest absolute Gasteiger partial charge is 0.497 e. The van der Waals surface area contributed by atoms with Gasteiger partial charge in [0, 0.05) is 17.4 Å². The smallest absolute Gasteiger partial charge is 0.226 e. The van der Waals surface area contributed by atoms with Gasteiger partial charge >= 0.3 is 0 Å². The van der Waals surface area contributed by atoms with Crippen LogP contribution >= 0.6 is 27.3 Å². The monoisotopic (exact) mass is 502 g/mol. The molecule has 0 saturated heterocycles. The third kappa shape index (κ3) is 6.55. The number of methoxy groups -OCH3 is 1. The maximum atomic E-state index is 12.2. The molecule has 0 aliphatic heterocycles. The molecule has 2 aromatic carbocycles. The number of carbonyl (C=O) groups excluding carboxylic acids is 1. The van der Waals surface area contributed by atoms with Crippen molar-refractivity contribution in [3.63, 3.8) is 0 Å². The van der Waals surface area contributed by atoms with Crippen LogP contribution in [0.5, 0.6) is 11.5 Å². The van der Waals surface area contributed by atoms with E-state index in [1.54, 1.807) is 7.11 Å². The van der Waals surface area contributed by atoms with Gasteiger partial charge in [0.15, 0.2) is 5.13 Å². The van der Waals surface area contributed by atoms with Crippen molar-refractivity contribution >= 4 is 38.3 Å². The Bertz CT molecular complexity index is 1030. The molecule has 31 heavy (non-hydrogen) atoms. The fraction of sp³-hybridized carbons (Fsp3) is 0.333. The van der Waals surface area contributed by atoms with Crippen LogP contribution in [0.25, 0.3) is 11.3 Å². The van der Waals surface area contributed by atoms with Gasteiger partial charge in [-0.2, -0.15) is 0 Å². The van der Waals surface area contributed by atoms with Crippen molar-refractivity contribution in [2.24, 2.45) is 0 Å². The first kappa shape index (κ1) is 23.3. The molecule has 0 aliphatic carbocycles. The summed E-state index contributed by atoms with van der Waals surface area (Å²) >= 11 is 4.99. The van der Waals surface area contributed by atoms with E-state index in [1.165, 1.54) is 16.9 Å². The minimum Gasteiger partial charge on any atom is -0.497 e. The van der Waals surface area contributed by atoms with E-state index in [1.807, 2.05) is 35.7 Å². The van der Waals surface area contributed by atoms with E-state index in [-0.39, 0.29) is 11.3 Å². The number of rotatable bonds is 8. The summed E-state index contributed by atoms with van der Waals surface area (Å²) in [6, 6.07) is 13.8. The van der Waals surface area contributed by atoms with Gasteiger partial charge in [-0.25, -0.2) is 4.98 Å². The van der Waals surface area contributed by atoms with Gasteiger partial charge in [-0.05, 0) is 69.7 Å². The maximum absolute atomic E-state index is 12.2. The Kier molecular flexibility index (Phi) is 7.73. The third-order valence-corrected chi connectivity index (χ3v) is 6.12. The van der Waals surface area contributed by atoms with Crippen LogP contribution in [0, 0.1) is 0 Å². The third-order valence-electron chi connectivity index (χ3n) is 4.74. The molecule has 7 heteroatoms. The number of anilines is 1. The SMILES string of the molecule is COc1ccc(-c2csc(NC(=O)CCCOc3ccc(C(C)(C)C)cc3Br)n2)cc1. The fourth-order valence-corrected chi connectivity index (χ4v) is 4.14. The summed E-state index contributed by atoms with van der Waals surface area (Å²) in [6.07, 6.45) is 0.991. The van der Waals surface area contributed by atoms with Crippen molar-refractivity contribution in [1.82, 2.24) is 4.98 Å². The first-order chi connectivity index (χ1) is 14.8. The highest BCUT2D eigenvalue weighted by molar-refractivity contribution is 9.10. The molecule has 5 nitrogen and oxygen atoms in total. The van der Waals surface area contributed by atoms with Crippen molar-refractivity contribution in [1.29, 1.82) is 0 Å². The van der Waals surface area contributed by atoms with Crippen LogP contribution in [0.4, 0.5) is 5.13 Å². The van der Waals surface area contributed by atoms with E-state index in [2.05, 4.69) is 59.1 Å². The molecule has 1 amide bonds. The molecule has 3 rings (SSSR count). The topological polar surface area (TPSA) is 60.5 Å². The van der Waals surface area contributed by atoms with Crippen LogP contribution in [0.15, 0.2) is 52.3 Å². The highest BCUT2D eigenvalue weighted by Gasteiger charge is 2.15. The molecule has 0 saturated carbocycles. The summed E-state index contributed by atoms with van der Waals surface area (Å²) in [4.78, 5) is 16.7. The number of hydrogen-bond acceptors (Lipinski definition) is 5. The molecule has 0 bridgehead atoms. The minimum absolute atomic E-state index is 0.0682. The maximum Gasteiger partial charge on any atom is 0.226 e. The lowest BCUT2D eigenvalue weighted by atomic mass is 9.87. The highest BCUT2D eigenvalue weighted by atomic mass is 79.9. The van der Waals surface area contributed by atoms with Crippen molar-refractivity contribution in [3.8, 4) is 22.8 Å². The van der Waals surface area contributed by atoms with E-state index >= 15 is 0 Å². The molecule has 0 atom stereocenters. The molecular weight excluding hydrogens is 476 g/mol. The van der Waals surface area contributed by atoms with Gasteiger partial charge in [0.05, 0.1) is 23.9 Å². The molecule has 164 valence electrons. The highest BCUT2D eigenvalue weighted by Crippen LogP contribution is 2.31. The van der Waals surface area contributed by atoms with Crippen LogP contribution in [0.1, 0.15) is 39.2 Å². The molecule has 1 aromatic heterocycles. The molecular formula is C24H27BrN2O3S. The van der Waals surface area contributed by atoms with Crippen LogP contribution in [-0.4, -0.2) is 24.6 Å². The normalized spacial score (nSPS) is 11.3. The predicted octanol–water partition coefficient (Wildman–Crippen LogP) is 6.68. The summed E-state index contributed by atoms with van der Waals surface area (Å²) in [7, 11) is 1.64. The lowest BCUT2D eigenvalue weighted by molar-refractivity contribution is -0.116. The summed E-state index contributed by atoms with van der Waals surface area (Å²) in [5.74, 6) is 1.52. The molecule has 1 N–H and O–H groups in total. The van der Waals surface area contributed by atoms with E-state index in [4.69, 9.17) is 9.47 Å². The number of halogens is 1. The second-order valence-electron chi connectivity index (χ2n) is 8.16. The average molecular weight is 503 g/mol. The standard InChI is InChI=1S/C24H27BrN2O3S/c1-24(2,3)17-9-12-21(19(25)14-17)30-13-5-6-22(28)27-23-26-20(15-31-23)16-7-10-18(29-4)11-8-16/h7-12,14-15H,5-6,13H2,1-4H3,(H,26,27,28). The molecule has 1 heterocycles. The first-order valence-corrected chi connectivity index (χ1v) is 11.8. The molecule has 3 aromatic rings. The number of aromatic nitrogens is 1. The van der Waals surface area contributed by atoms with Gasteiger partial charge < -0.3 is 14.8 Å². The number of carbonyl (C=O) groups is 1. The minimum atomic E-state index is -0.0682. The number of amides is 1. The zero-order valence-corrected chi connectivity index (χ0v) is 20.6. The van der Waals surface area contributed by atoms with E-state index in [0.29, 0.717) is 24.6 Å². The number of hydrogen-bond donors (Lipinski definition) is 1. The molecule has 0 unspecified atom stereocenters. The summed E-state index contributed by atoms with van der Waals surface area (Å²) in [5.41, 5.74) is 3.13. The lowest BCUT2D eigenvalue weighted by Gasteiger charge is -2.20. The van der Waals surface area contributed by atoms with Crippen LogP contribution in [-0.2, 0) is 10.2 Å². The van der Waals surface area contributed by atoms with Gasteiger partial charge in [-0.3, -0.25) is 4.79 Å². The number of thiazole rings is 1. The first-order valence-electron chi connectivity index (χ1n) is 10.1. The van der Waals surface area contributed by atoms with Crippen molar-refractivity contribution in [3.05, 3.63) is 57.9 Å². The van der Waals surface area contributed by atoms with Gasteiger partial charge in [0.25, 0.3) is 0 Å². The number of ether oxygens (including phenoxy) is 2. The Morgan fingerprint density at radius 1 is 1.16 bits per heavy atom. The van der Waals surface area contributed by atoms with Crippen LogP contribution in [0.3, 0.4) is 0 Å². The lowest BCUT2D eigenvalue weighted by Crippen LogP contribution is -2.13. The van der Waals surface area contributed by atoms with Crippen molar-refractivity contribution < 1.29 is 14.3 Å². The Labute approximate surface area is 195 Å². The molecule has 0 fully saturated rings. The summed E-state index contributed by atoms with van der Waals surface area (Å²) in [5, 5.41) is 5.39. The molecule has 0 aliphatic rings. The van der Waals surface area contributed by atoms with Gasteiger partial charge in [0.2, 0.25) is 5.91 Å². The zero-order valence-electron chi connectivity index (χ0n) is 18.2. The van der Waals surface area contributed by atoms with Crippen molar-refractivity contribution in [2.75, 3.05) is 19.0 Å². The Morgan fingerprint density at radius 2 is 1.90 bits per heavy atom. The fourth-order valence-electron chi connectivity index (χ4n) is 2.91. The summed E-state index contributed by atoms with van der Waals surface area (Å²) < 4.78 is 11.9. The Morgan fingerprint density at radius 3 is 2.55 bits per heavy atom. The predicted molar refractivity (Wildman–Crippen MR) is 130 cm³/mol. The Hall–Kier alpha value is -2.38. The quantitative estimate of drug-likeness (QED) is 0.349. The summed E-state index contributed by atoms with van der Waals surface area (Å²) in [6.45, 7) is 7.00. The van der Waals surface area contributed by atoms with Gasteiger partial charge in [-0.1, -0.05) is 26.8 Å². The van der Waals surface area contributed by atoms with Gasteiger partial charge in [0.1, 0.15) is 11.5 Å². The average Bonchev–Trinajstić information content (AvgIpc) is 3.19. The molecule has 0 radical (unpaired) electrons. The number of nitrogens with zero attached hydrogens (tertiary/aromatic N) is 1. The van der Waals surface area contributed by atoms with E-state index in [0.717, 1.165) is 27.2 Å². The second kappa shape index (κ2) is 10.3. The zero-order chi connectivity index (χ0) is 22.4. The second-order valence-corrected chi connectivity index (χ2v) is 9.87. The molecule has 0 spiro atoms.